The highest BCUT2D eigenvalue weighted by Gasteiger charge is 2.19. The smallest absolute Gasteiger partial charge is 0.128 e. The Kier molecular flexibility index (Phi) is 4.02. The van der Waals surface area contributed by atoms with E-state index in [9.17, 15) is 0 Å². The van der Waals surface area contributed by atoms with Crippen LogP contribution in [0.15, 0.2) is 35.6 Å². The summed E-state index contributed by atoms with van der Waals surface area (Å²) in [5.41, 5.74) is 3.40. The van der Waals surface area contributed by atoms with E-state index in [4.69, 9.17) is 5.26 Å². The van der Waals surface area contributed by atoms with Crippen molar-refractivity contribution in [3.63, 3.8) is 0 Å². The molecule has 1 aliphatic rings. The summed E-state index contributed by atoms with van der Waals surface area (Å²) in [6.07, 6.45) is 6.60. The van der Waals surface area contributed by atoms with Gasteiger partial charge in [0.2, 0.25) is 0 Å². The fourth-order valence-corrected chi connectivity index (χ4v) is 5.27. The third-order valence-electron chi connectivity index (χ3n) is 4.18. The predicted molar refractivity (Wildman–Crippen MR) is 94.8 cm³/mol. The monoisotopic (exact) mass is 337 g/mol. The third kappa shape index (κ3) is 2.85. The molecule has 3 aromatic rings. The molecule has 1 aliphatic carbocycles. The molecule has 2 aromatic heterocycles. The molecule has 0 atom stereocenters. The normalized spacial score (nSPS) is 13.7. The number of nitriles is 1. The Morgan fingerprint density at radius 1 is 1.13 bits per heavy atom. The van der Waals surface area contributed by atoms with Crippen LogP contribution in [0.3, 0.4) is 0 Å². The van der Waals surface area contributed by atoms with Gasteiger partial charge in [-0.1, -0.05) is 12.1 Å². The fourth-order valence-electron chi connectivity index (χ4n) is 3.00. The number of thioether (sulfide) groups is 1. The van der Waals surface area contributed by atoms with Gasteiger partial charge in [0.1, 0.15) is 16.2 Å². The lowest BCUT2D eigenvalue weighted by molar-refractivity contribution is 0.699. The molecule has 3 nitrogen and oxygen atoms in total. The number of aromatic nitrogens is 2. The summed E-state index contributed by atoms with van der Waals surface area (Å²) in [4.78, 5) is 11.7. The summed E-state index contributed by atoms with van der Waals surface area (Å²) in [6.45, 7) is 0. The van der Waals surface area contributed by atoms with Gasteiger partial charge in [0, 0.05) is 16.0 Å². The zero-order valence-electron chi connectivity index (χ0n) is 12.6. The average Bonchev–Trinajstić information content (AvgIpc) is 2.99. The van der Waals surface area contributed by atoms with E-state index in [1.807, 2.05) is 35.6 Å². The highest BCUT2D eigenvalue weighted by molar-refractivity contribution is 7.98. The highest BCUT2D eigenvalue weighted by Crippen LogP contribution is 2.39. The van der Waals surface area contributed by atoms with Gasteiger partial charge >= 0.3 is 0 Å². The number of aryl methyl sites for hydroxylation is 2. The van der Waals surface area contributed by atoms with Crippen molar-refractivity contribution in [1.82, 2.24) is 9.97 Å². The van der Waals surface area contributed by atoms with E-state index in [-0.39, 0.29) is 0 Å². The lowest BCUT2D eigenvalue weighted by Gasteiger charge is -2.11. The van der Waals surface area contributed by atoms with Crippen LogP contribution in [-0.2, 0) is 18.6 Å². The quantitative estimate of drug-likeness (QED) is 0.512. The minimum atomic E-state index is 0.704. The molecule has 23 heavy (non-hydrogen) atoms. The SMILES string of the molecule is N#Cc1ccc(CSc2ncnc3sc4c(c23)CCCC4)cc1. The molecule has 0 N–H and O–H groups in total. The molecule has 5 heteroatoms. The maximum atomic E-state index is 8.87. The van der Waals surface area contributed by atoms with Crippen molar-refractivity contribution in [3.8, 4) is 6.07 Å². The average molecular weight is 337 g/mol. The van der Waals surface area contributed by atoms with Crippen molar-refractivity contribution in [3.05, 3.63) is 52.2 Å². The number of rotatable bonds is 3. The van der Waals surface area contributed by atoms with Crippen LogP contribution in [0.5, 0.6) is 0 Å². The number of thiophene rings is 1. The van der Waals surface area contributed by atoms with Crippen LogP contribution in [0, 0.1) is 11.3 Å². The van der Waals surface area contributed by atoms with Crippen molar-refractivity contribution in [2.24, 2.45) is 0 Å². The van der Waals surface area contributed by atoms with Crippen LogP contribution in [0.4, 0.5) is 0 Å². The Morgan fingerprint density at radius 2 is 1.96 bits per heavy atom. The summed E-state index contributed by atoms with van der Waals surface area (Å²) in [5.74, 6) is 0.864. The molecular weight excluding hydrogens is 322 g/mol. The zero-order chi connectivity index (χ0) is 15.6. The number of fused-ring (bicyclic) bond motifs is 3. The summed E-state index contributed by atoms with van der Waals surface area (Å²) in [6, 6.07) is 9.94. The Balaban J connectivity index is 1.63. The van der Waals surface area contributed by atoms with E-state index >= 15 is 0 Å². The molecule has 0 aliphatic heterocycles. The standard InChI is InChI=1S/C18H15N3S2/c19-9-12-5-7-13(8-6-12)10-22-17-16-14-3-1-2-4-15(14)23-18(16)21-11-20-17/h5-8,11H,1-4,10H2. The van der Waals surface area contributed by atoms with Crippen molar-refractivity contribution in [1.29, 1.82) is 5.26 Å². The molecule has 0 amide bonds. The van der Waals surface area contributed by atoms with Gasteiger partial charge in [0.15, 0.2) is 0 Å². The summed E-state index contributed by atoms with van der Waals surface area (Å²) < 4.78 is 0. The topological polar surface area (TPSA) is 49.6 Å². The first-order valence-electron chi connectivity index (χ1n) is 7.72. The molecule has 114 valence electrons. The number of benzene rings is 1. The van der Waals surface area contributed by atoms with Gasteiger partial charge in [0.05, 0.1) is 11.6 Å². The summed E-state index contributed by atoms with van der Waals surface area (Å²) in [7, 11) is 0. The van der Waals surface area contributed by atoms with E-state index < -0.39 is 0 Å². The Hall–Kier alpha value is -1.90. The van der Waals surface area contributed by atoms with Gasteiger partial charge in [-0.15, -0.1) is 23.1 Å². The second-order valence-electron chi connectivity index (χ2n) is 5.67. The Labute approximate surface area is 143 Å². The molecule has 2 heterocycles. The van der Waals surface area contributed by atoms with E-state index in [1.165, 1.54) is 40.7 Å². The van der Waals surface area contributed by atoms with Gasteiger partial charge in [-0.05, 0) is 48.9 Å². The van der Waals surface area contributed by atoms with Gasteiger partial charge in [-0.25, -0.2) is 9.97 Å². The van der Waals surface area contributed by atoms with Crippen molar-refractivity contribution < 1.29 is 0 Å². The first-order valence-corrected chi connectivity index (χ1v) is 9.52. The van der Waals surface area contributed by atoms with Crippen molar-refractivity contribution in [2.45, 2.75) is 36.5 Å². The van der Waals surface area contributed by atoms with Gasteiger partial charge in [0.25, 0.3) is 0 Å². The van der Waals surface area contributed by atoms with Crippen LogP contribution < -0.4 is 0 Å². The highest BCUT2D eigenvalue weighted by atomic mass is 32.2. The number of hydrogen-bond acceptors (Lipinski definition) is 5. The number of hydrogen-bond donors (Lipinski definition) is 0. The van der Waals surface area contributed by atoms with E-state index in [2.05, 4.69) is 16.0 Å². The maximum Gasteiger partial charge on any atom is 0.128 e. The number of nitrogens with zero attached hydrogens (tertiary/aromatic N) is 3. The zero-order valence-corrected chi connectivity index (χ0v) is 14.2. The molecule has 0 saturated carbocycles. The first-order chi connectivity index (χ1) is 11.3. The minimum absolute atomic E-state index is 0.704. The van der Waals surface area contributed by atoms with E-state index in [1.54, 1.807) is 18.1 Å². The lowest BCUT2D eigenvalue weighted by atomic mass is 9.97. The van der Waals surface area contributed by atoms with Crippen LogP contribution >= 0.6 is 23.1 Å². The molecule has 0 unspecified atom stereocenters. The van der Waals surface area contributed by atoms with Gasteiger partial charge < -0.3 is 0 Å². The second-order valence-corrected chi connectivity index (χ2v) is 7.71. The summed E-state index contributed by atoms with van der Waals surface area (Å²) in [5, 5.41) is 11.3. The Bertz CT molecular complexity index is 891. The largest absolute Gasteiger partial charge is 0.229 e. The van der Waals surface area contributed by atoms with Crippen LogP contribution in [-0.4, -0.2) is 9.97 Å². The molecule has 0 radical (unpaired) electrons. The first kappa shape index (κ1) is 14.7. The second kappa shape index (κ2) is 6.31. The summed E-state index contributed by atoms with van der Waals surface area (Å²) >= 11 is 3.61. The van der Waals surface area contributed by atoms with Crippen LogP contribution in [0.1, 0.15) is 34.4 Å². The predicted octanol–water partition coefficient (Wildman–Crippen LogP) is 4.73. The van der Waals surface area contributed by atoms with E-state index in [0.717, 1.165) is 22.0 Å². The molecule has 4 rings (SSSR count). The molecule has 1 aromatic carbocycles. The third-order valence-corrected chi connectivity index (χ3v) is 6.44. The van der Waals surface area contributed by atoms with Crippen LogP contribution in [0.2, 0.25) is 0 Å². The molecular formula is C18H15N3S2. The fraction of sp³-hybridized carbons (Fsp3) is 0.278. The van der Waals surface area contributed by atoms with Crippen LogP contribution in [0.25, 0.3) is 10.2 Å². The Morgan fingerprint density at radius 3 is 2.78 bits per heavy atom. The maximum absolute atomic E-state index is 8.87. The van der Waals surface area contributed by atoms with Gasteiger partial charge in [-0.2, -0.15) is 5.26 Å². The minimum Gasteiger partial charge on any atom is -0.229 e. The van der Waals surface area contributed by atoms with Crippen molar-refractivity contribution in [2.75, 3.05) is 0 Å². The molecule has 0 bridgehead atoms. The lowest BCUT2D eigenvalue weighted by Crippen LogP contribution is -1.99. The molecule has 0 saturated heterocycles. The van der Waals surface area contributed by atoms with Gasteiger partial charge in [-0.3, -0.25) is 0 Å². The molecule has 0 fully saturated rings. The van der Waals surface area contributed by atoms with Crippen molar-refractivity contribution >= 4 is 33.3 Å². The molecule has 0 spiro atoms. The van der Waals surface area contributed by atoms with E-state index in [0.29, 0.717) is 5.56 Å².